The third kappa shape index (κ3) is 4.53. The smallest absolute Gasteiger partial charge is 0.164 e. The van der Waals surface area contributed by atoms with Gasteiger partial charge in [0.2, 0.25) is 0 Å². The third-order valence-electron chi connectivity index (χ3n) is 9.53. The maximum absolute atomic E-state index is 5.06. The molecule has 0 atom stereocenters. The molecule has 49 heavy (non-hydrogen) atoms. The minimum atomic E-state index is 0.660. The molecule has 0 fully saturated rings. The van der Waals surface area contributed by atoms with Crippen molar-refractivity contribution in [3.8, 4) is 45.3 Å². The lowest BCUT2D eigenvalue weighted by Gasteiger charge is -2.13. The Kier molecular flexibility index (Phi) is 6.36. The topological polar surface area (TPSA) is 38.7 Å². The third-order valence-corrected chi connectivity index (χ3v) is 10.8. The summed E-state index contributed by atoms with van der Waals surface area (Å²) in [5.41, 5.74) is 5.34. The molecule has 3 nitrogen and oxygen atoms in total. The van der Waals surface area contributed by atoms with Gasteiger partial charge in [-0.05, 0) is 38.6 Å². The maximum atomic E-state index is 5.06. The largest absolute Gasteiger partial charge is 0.208 e. The molecule has 0 radical (unpaired) electrons. The molecule has 2 aromatic heterocycles. The average molecular weight is 642 g/mol. The second-order valence-electron chi connectivity index (χ2n) is 12.4. The Morgan fingerprint density at radius 1 is 0.306 bits per heavy atom. The van der Waals surface area contributed by atoms with Crippen LogP contribution in [0.25, 0.3) is 97.8 Å². The number of nitrogens with zero attached hydrogens (tertiary/aromatic N) is 3. The Morgan fingerprint density at radius 2 is 0.837 bits per heavy atom. The van der Waals surface area contributed by atoms with Crippen LogP contribution in [0.15, 0.2) is 164 Å². The van der Waals surface area contributed by atoms with E-state index in [0.29, 0.717) is 17.5 Å². The molecule has 8 aromatic carbocycles. The van der Waals surface area contributed by atoms with Gasteiger partial charge in [-0.2, -0.15) is 0 Å². The summed E-state index contributed by atoms with van der Waals surface area (Å²) in [4.78, 5) is 15.0. The van der Waals surface area contributed by atoms with Gasteiger partial charge in [0, 0.05) is 47.8 Å². The molecule has 0 spiro atoms. The quantitative estimate of drug-likeness (QED) is 0.180. The Bertz CT molecular complexity index is 2820. The van der Waals surface area contributed by atoms with E-state index in [4.69, 9.17) is 15.0 Å². The van der Waals surface area contributed by atoms with Crippen molar-refractivity contribution in [3.05, 3.63) is 164 Å². The van der Waals surface area contributed by atoms with E-state index in [2.05, 4.69) is 103 Å². The molecular weight excluding hydrogens is 615 g/mol. The summed E-state index contributed by atoms with van der Waals surface area (Å²) >= 11 is 1.90. The van der Waals surface area contributed by atoms with Crippen molar-refractivity contribution in [1.82, 2.24) is 15.0 Å². The molecule has 0 aliphatic carbocycles. The van der Waals surface area contributed by atoms with E-state index in [-0.39, 0.29) is 0 Å². The molecule has 4 heteroatoms. The highest BCUT2D eigenvalue weighted by molar-refractivity contribution is 7.27. The van der Waals surface area contributed by atoms with Crippen molar-refractivity contribution in [2.75, 3.05) is 0 Å². The first-order valence-electron chi connectivity index (χ1n) is 16.5. The van der Waals surface area contributed by atoms with Gasteiger partial charge in [0.25, 0.3) is 0 Å². The molecule has 10 rings (SSSR count). The van der Waals surface area contributed by atoms with Crippen molar-refractivity contribution >= 4 is 63.8 Å². The number of rotatable bonds is 4. The predicted octanol–water partition coefficient (Wildman–Crippen LogP) is 12.4. The number of fused-ring (bicyclic) bond motifs is 8. The Labute approximate surface area is 286 Å². The molecule has 10 aromatic rings. The monoisotopic (exact) mass is 641 g/mol. The molecule has 0 amide bonds. The summed E-state index contributed by atoms with van der Waals surface area (Å²) in [6, 6.07) is 57.9. The first-order valence-corrected chi connectivity index (χ1v) is 17.3. The molecule has 0 N–H and O–H groups in total. The second-order valence-corrected chi connectivity index (χ2v) is 13.4. The highest BCUT2D eigenvalue weighted by Crippen LogP contribution is 2.46. The first kappa shape index (κ1) is 27.8. The summed E-state index contributed by atoms with van der Waals surface area (Å²) in [7, 11) is 0. The van der Waals surface area contributed by atoms with E-state index in [1.54, 1.807) is 0 Å². The van der Waals surface area contributed by atoms with E-state index < -0.39 is 0 Å². The Hall–Kier alpha value is -6.23. The number of benzene rings is 8. The van der Waals surface area contributed by atoms with Crippen LogP contribution in [0.2, 0.25) is 0 Å². The molecular formula is C45H27N3S. The van der Waals surface area contributed by atoms with Crippen molar-refractivity contribution < 1.29 is 0 Å². The van der Waals surface area contributed by atoms with Gasteiger partial charge in [0.1, 0.15) is 0 Å². The lowest BCUT2D eigenvalue weighted by molar-refractivity contribution is 1.08. The van der Waals surface area contributed by atoms with Crippen LogP contribution >= 0.6 is 11.3 Å². The van der Waals surface area contributed by atoms with Crippen molar-refractivity contribution in [3.63, 3.8) is 0 Å². The lowest BCUT2D eigenvalue weighted by Crippen LogP contribution is -2.00. The van der Waals surface area contributed by atoms with Crippen LogP contribution in [0.3, 0.4) is 0 Å². The number of aromatic nitrogens is 3. The van der Waals surface area contributed by atoms with Gasteiger partial charge in [-0.1, -0.05) is 158 Å². The van der Waals surface area contributed by atoms with Gasteiger partial charge in [-0.3, -0.25) is 0 Å². The average Bonchev–Trinajstić information content (AvgIpc) is 3.57. The van der Waals surface area contributed by atoms with Crippen molar-refractivity contribution in [2.45, 2.75) is 0 Å². The van der Waals surface area contributed by atoms with Crippen LogP contribution in [-0.2, 0) is 0 Å². The van der Waals surface area contributed by atoms with Gasteiger partial charge in [-0.15, -0.1) is 11.3 Å². The normalized spacial score (nSPS) is 11.7. The van der Waals surface area contributed by atoms with Crippen LogP contribution in [0, 0.1) is 0 Å². The molecule has 0 saturated carbocycles. The van der Waals surface area contributed by atoms with Crippen LogP contribution in [-0.4, -0.2) is 15.0 Å². The molecule has 0 aliphatic rings. The minimum Gasteiger partial charge on any atom is -0.208 e. The minimum absolute atomic E-state index is 0.660. The summed E-state index contributed by atoms with van der Waals surface area (Å²) in [6.45, 7) is 0. The summed E-state index contributed by atoms with van der Waals surface area (Å²) < 4.78 is 2.64. The molecule has 2 heterocycles. The zero-order chi connectivity index (χ0) is 32.3. The van der Waals surface area contributed by atoms with E-state index in [1.807, 2.05) is 72.0 Å². The van der Waals surface area contributed by atoms with Crippen LogP contribution in [0.1, 0.15) is 0 Å². The predicted molar refractivity (Wildman–Crippen MR) is 207 cm³/mol. The molecule has 0 saturated heterocycles. The number of thiophene rings is 1. The van der Waals surface area contributed by atoms with Crippen LogP contribution < -0.4 is 0 Å². The highest BCUT2D eigenvalue weighted by Gasteiger charge is 2.19. The lowest BCUT2D eigenvalue weighted by atomic mass is 9.93. The molecule has 0 unspecified atom stereocenters. The van der Waals surface area contributed by atoms with Gasteiger partial charge in [-0.25, -0.2) is 15.0 Å². The van der Waals surface area contributed by atoms with Crippen molar-refractivity contribution in [2.24, 2.45) is 0 Å². The first-order chi connectivity index (χ1) is 24.3. The molecule has 0 bridgehead atoms. The summed E-state index contributed by atoms with van der Waals surface area (Å²) in [6.07, 6.45) is 0. The van der Waals surface area contributed by atoms with E-state index in [0.717, 1.165) is 22.1 Å². The van der Waals surface area contributed by atoms with Crippen LogP contribution in [0.5, 0.6) is 0 Å². The number of hydrogen-bond donors (Lipinski definition) is 0. The fourth-order valence-corrected chi connectivity index (χ4v) is 8.61. The maximum Gasteiger partial charge on any atom is 0.164 e. The summed E-state index contributed by atoms with van der Waals surface area (Å²) in [5, 5.41) is 10.1. The van der Waals surface area contributed by atoms with Crippen molar-refractivity contribution in [1.29, 1.82) is 0 Å². The van der Waals surface area contributed by atoms with Crippen LogP contribution in [0.4, 0.5) is 0 Å². The summed E-state index contributed by atoms with van der Waals surface area (Å²) in [5.74, 6) is 1.98. The highest BCUT2D eigenvalue weighted by atomic mass is 32.1. The van der Waals surface area contributed by atoms with Gasteiger partial charge in [0.15, 0.2) is 17.5 Å². The molecule has 228 valence electrons. The Balaban J connectivity index is 1.20. The zero-order valence-electron chi connectivity index (χ0n) is 26.3. The van der Waals surface area contributed by atoms with Gasteiger partial charge < -0.3 is 0 Å². The zero-order valence-corrected chi connectivity index (χ0v) is 27.2. The SMILES string of the molecule is c1ccc(-c2nc(-c3ccccc3)nc(-c3ccc(-c4cccc5c4sc4c5ccc5ccc6ccccc6c54)c4ccccc34)n2)cc1. The molecule has 0 aliphatic heterocycles. The van der Waals surface area contributed by atoms with Gasteiger partial charge >= 0.3 is 0 Å². The Morgan fingerprint density at radius 3 is 1.57 bits per heavy atom. The van der Waals surface area contributed by atoms with Gasteiger partial charge in [0.05, 0.1) is 0 Å². The standard InChI is InChI=1S/C45H27N3S/c1-3-13-30(14-4-1)43-46-44(31-15-5-2-6-16-31)48-45(47-43)39-27-26-35(33-18-9-10-19-34(33)39)36-20-11-21-37-38-25-24-29-23-22-28-12-7-8-17-32(28)40(29)42(38)49-41(36)37/h1-27H. The van der Waals surface area contributed by atoms with E-state index in [1.165, 1.54) is 58.2 Å². The fraction of sp³-hybridized carbons (Fsp3) is 0. The van der Waals surface area contributed by atoms with E-state index >= 15 is 0 Å². The van der Waals surface area contributed by atoms with E-state index in [9.17, 15) is 0 Å². The number of hydrogen-bond acceptors (Lipinski definition) is 4. The second kappa shape index (κ2) is 11.2. The fourth-order valence-electron chi connectivity index (χ4n) is 7.21.